The van der Waals surface area contributed by atoms with Crippen LogP contribution < -0.4 is 10.6 Å². The van der Waals surface area contributed by atoms with Gasteiger partial charge in [0.05, 0.1) is 30.3 Å². The van der Waals surface area contributed by atoms with Crippen LogP contribution in [0.25, 0.3) is 11.3 Å². The summed E-state index contributed by atoms with van der Waals surface area (Å²) in [5.74, 6) is 0.654. The minimum atomic E-state index is -0.413. The Morgan fingerprint density at radius 2 is 2.03 bits per heavy atom. The van der Waals surface area contributed by atoms with Gasteiger partial charge >= 0.3 is 0 Å². The van der Waals surface area contributed by atoms with Crippen molar-refractivity contribution in [2.24, 2.45) is 0 Å². The number of nitrogens with two attached hydrogens (primary N) is 1. The van der Waals surface area contributed by atoms with E-state index in [9.17, 15) is 4.39 Å². The first-order valence-electron chi connectivity index (χ1n) is 10.9. The van der Waals surface area contributed by atoms with Gasteiger partial charge in [0.15, 0.2) is 0 Å². The summed E-state index contributed by atoms with van der Waals surface area (Å²) in [5.41, 5.74) is 10.9. The Balaban J connectivity index is 1.52. The van der Waals surface area contributed by atoms with Crippen LogP contribution in [0.4, 0.5) is 16.0 Å². The first kappa shape index (κ1) is 19.9. The molecule has 1 aliphatic carbocycles. The van der Waals surface area contributed by atoms with Crippen LogP contribution in [-0.2, 0) is 17.6 Å². The minimum absolute atomic E-state index is 0.150. The van der Waals surface area contributed by atoms with E-state index in [4.69, 9.17) is 20.4 Å². The van der Waals surface area contributed by atoms with Crippen molar-refractivity contribution < 1.29 is 9.13 Å². The molecule has 3 aromatic rings. The van der Waals surface area contributed by atoms with Crippen LogP contribution in [0.5, 0.6) is 0 Å². The highest BCUT2D eigenvalue weighted by Gasteiger charge is 2.30. The number of hydrogen-bond acceptors (Lipinski definition) is 6. The molecule has 31 heavy (non-hydrogen) atoms. The minimum Gasteiger partial charge on any atom is -0.396 e. The average Bonchev–Trinajstić information content (AvgIpc) is 3.23. The molecule has 1 fully saturated rings. The summed E-state index contributed by atoms with van der Waals surface area (Å²) in [4.78, 5) is 16.3. The number of ether oxygens (including phenoxy) is 1. The van der Waals surface area contributed by atoms with E-state index in [-0.39, 0.29) is 5.69 Å². The molecule has 0 spiro atoms. The fraction of sp³-hybridized carbons (Fsp3) is 0.375. The van der Waals surface area contributed by atoms with Crippen LogP contribution in [0.3, 0.4) is 0 Å². The molecule has 2 aromatic heterocycles. The molecule has 5 rings (SSSR count). The lowest BCUT2D eigenvalue weighted by atomic mass is 9.97. The van der Waals surface area contributed by atoms with Crippen LogP contribution >= 0.6 is 0 Å². The van der Waals surface area contributed by atoms with Crippen LogP contribution in [-0.4, -0.2) is 41.3 Å². The predicted octanol–water partition coefficient (Wildman–Crippen LogP) is 3.76. The fourth-order valence-corrected chi connectivity index (χ4v) is 4.51. The summed E-state index contributed by atoms with van der Waals surface area (Å²) >= 11 is 0. The zero-order valence-electron chi connectivity index (χ0n) is 17.4. The molecule has 7 heteroatoms. The van der Waals surface area contributed by atoms with Gasteiger partial charge in [-0.2, -0.15) is 0 Å². The van der Waals surface area contributed by atoms with E-state index in [0.29, 0.717) is 25.1 Å². The first-order chi connectivity index (χ1) is 15.2. The number of anilines is 2. The standard InChI is InChI=1S/C24H26FN5O/c25-20-14-18(6-8-21(20)26)23-19-7-5-17(4-3-16-2-1-9-27-15-16)22(19)28-24(29-23)30-10-12-31-13-11-30/h1-2,6,8-9,14-15,17H,3-5,7,10-13,26H2. The molecule has 0 amide bonds. The molecule has 0 saturated carbocycles. The summed E-state index contributed by atoms with van der Waals surface area (Å²) in [6.45, 7) is 2.84. The molecule has 2 aliphatic rings. The van der Waals surface area contributed by atoms with Crippen molar-refractivity contribution in [3.8, 4) is 11.3 Å². The summed E-state index contributed by atoms with van der Waals surface area (Å²) in [7, 11) is 0. The Hall–Kier alpha value is -3.06. The number of benzene rings is 1. The molecule has 0 radical (unpaired) electrons. The summed E-state index contributed by atoms with van der Waals surface area (Å²) in [5, 5.41) is 0. The largest absolute Gasteiger partial charge is 0.396 e. The average molecular weight is 420 g/mol. The molecular formula is C24H26FN5O. The van der Waals surface area contributed by atoms with E-state index in [0.717, 1.165) is 61.3 Å². The van der Waals surface area contributed by atoms with Gasteiger partial charge in [-0.05, 0) is 49.4 Å². The lowest BCUT2D eigenvalue weighted by molar-refractivity contribution is 0.122. The maximum Gasteiger partial charge on any atom is 0.226 e. The number of nitrogen functional groups attached to an aromatic ring is 1. The van der Waals surface area contributed by atoms with E-state index >= 15 is 0 Å². The third-order valence-electron chi connectivity index (χ3n) is 6.23. The maximum absolute atomic E-state index is 14.3. The molecule has 1 atom stereocenters. The summed E-state index contributed by atoms with van der Waals surface area (Å²) < 4.78 is 19.8. The van der Waals surface area contributed by atoms with Gasteiger partial charge in [-0.15, -0.1) is 0 Å². The number of aromatic nitrogens is 3. The van der Waals surface area contributed by atoms with Crippen molar-refractivity contribution in [1.82, 2.24) is 15.0 Å². The highest BCUT2D eigenvalue weighted by molar-refractivity contribution is 5.68. The Bertz CT molecular complexity index is 1070. The SMILES string of the molecule is Nc1ccc(-c2nc(N3CCOCC3)nc3c2CCC3CCc2cccnc2)cc1F. The van der Waals surface area contributed by atoms with Crippen molar-refractivity contribution in [2.75, 3.05) is 36.9 Å². The number of nitrogens with zero attached hydrogens (tertiary/aromatic N) is 4. The van der Waals surface area contributed by atoms with Crippen LogP contribution in [0.2, 0.25) is 0 Å². The monoisotopic (exact) mass is 419 g/mol. The second-order valence-electron chi connectivity index (χ2n) is 8.21. The van der Waals surface area contributed by atoms with Crippen LogP contribution in [0.15, 0.2) is 42.7 Å². The number of hydrogen-bond donors (Lipinski definition) is 1. The number of halogens is 1. The van der Waals surface area contributed by atoms with Gasteiger partial charge in [-0.1, -0.05) is 12.1 Å². The van der Waals surface area contributed by atoms with Gasteiger partial charge in [0.1, 0.15) is 5.82 Å². The van der Waals surface area contributed by atoms with Crippen LogP contribution in [0, 0.1) is 5.82 Å². The molecule has 160 valence electrons. The molecule has 1 saturated heterocycles. The second kappa shape index (κ2) is 8.59. The second-order valence-corrected chi connectivity index (χ2v) is 8.21. The smallest absolute Gasteiger partial charge is 0.226 e. The highest BCUT2D eigenvalue weighted by atomic mass is 19.1. The first-order valence-corrected chi connectivity index (χ1v) is 10.9. The van der Waals surface area contributed by atoms with Crippen molar-refractivity contribution in [1.29, 1.82) is 0 Å². The van der Waals surface area contributed by atoms with Crippen molar-refractivity contribution in [3.05, 3.63) is 65.4 Å². The van der Waals surface area contributed by atoms with Crippen molar-refractivity contribution >= 4 is 11.6 Å². The Kier molecular flexibility index (Phi) is 5.51. The zero-order valence-corrected chi connectivity index (χ0v) is 17.4. The van der Waals surface area contributed by atoms with Gasteiger partial charge < -0.3 is 15.4 Å². The molecule has 1 unspecified atom stereocenters. The normalized spacial score (nSPS) is 18.2. The Labute approximate surface area is 181 Å². The van der Waals surface area contributed by atoms with E-state index in [1.54, 1.807) is 12.3 Å². The third kappa shape index (κ3) is 4.10. The van der Waals surface area contributed by atoms with Gasteiger partial charge in [0, 0.05) is 42.5 Å². The van der Waals surface area contributed by atoms with E-state index in [1.165, 1.54) is 11.6 Å². The van der Waals surface area contributed by atoms with Gasteiger partial charge in [-0.3, -0.25) is 4.98 Å². The number of morpholine rings is 1. The topological polar surface area (TPSA) is 77.2 Å². The Morgan fingerprint density at radius 3 is 2.81 bits per heavy atom. The van der Waals surface area contributed by atoms with Gasteiger partial charge in [0.2, 0.25) is 5.95 Å². The van der Waals surface area contributed by atoms with Gasteiger partial charge in [0.25, 0.3) is 0 Å². The molecule has 2 N–H and O–H groups in total. The maximum atomic E-state index is 14.3. The number of aryl methyl sites for hydroxylation is 1. The number of rotatable bonds is 5. The highest BCUT2D eigenvalue weighted by Crippen LogP contribution is 2.40. The van der Waals surface area contributed by atoms with E-state index in [2.05, 4.69) is 16.0 Å². The quantitative estimate of drug-likeness (QED) is 0.635. The van der Waals surface area contributed by atoms with Crippen molar-refractivity contribution in [2.45, 2.75) is 31.6 Å². The van der Waals surface area contributed by atoms with Crippen LogP contribution in [0.1, 0.15) is 35.6 Å². The summed E-state index contributed by atoms with van der Waals surface area (Å²) in [6.07, 6.45) is 7.62. The predicted molar refractivity (Wildman–Crippen MR) is 118 cm³/mol. The lowest BCUT2D eigenvalue weighted by Crippen LogP contribution is -2.37. The molecule has 6 nitrogen and oxygen atoms in total. The number of fused-ring (bicyclic) bond motifs is 1. The molecule has 0 bridgehead atoms. The number of pyridine rings is 1. The summed E-state index contributed by atoms with van der Waals surface area (Å²) in [6, 6.07) is 9.05. The van der Waals surface area contributed by atoms with Crippen molar-refractivity contribution in [3.63, 3.8) is 0 Å². The third-order valence-corrected chi connectivity index (χ3v) is 6.23. The lowest BCUT2D eigenvalue weighted by Gasteiger charge is -2.28. The Morgan fingerprint density at radius 1 is 1.16 bits per heavy atom. The molecular weight excluding hydrogens is 393 g/mol. The van der Waals surface area contributed by atoms with E-state index in [1.807, 2.05) is 18.3 Å². The van der Waals surface area contributed by atoms with E-state index < -0.39 is 5.82 Å². The zero-order chi connectivity index (χ0) is 21.2. The molecule has 1 aromatic carbocycles. The fourth-order valence-electron chi connectivity index (χ4n) is 4.51. The molecule has 3 heterocycles. The molecule has 1 aliphatic heterocycles. The van der Waals surface area contributed by atoms with Gasteiger partial charge in [-0.25, -0.2) is 14.4 Å².